The third kappa shape index (κ3) is 5.83. The van der Waals surface area contributed by atoms with E-state index < -0.39 is 0 Å². The van der Waals surface area contributed by atoms with E-state index in [2.05, 4.69) is 12.2 Å². The van der Waals surface area contributed by atoms with Crippen LogP contribution in [0.5, 0.6) is 0 Å². The van der Waals surface area contributed by atoms with Crippen LogP contribution in [0.3, 0.4) is 0 Å². The van der Waals surface area contributed by atoms with E-state index in [1.54, 1.807) is 7.11 Å². The van der Waals surface area contributed by atoms with Crippen molar-refractivity contribution in [3.05, 3.63) is 0 Å². The molecule has 1 N–H and O–H groups in total. The van der Waals surface area contributed by atoms with Gasteiger partial charge in [0.2, 0.25) is 0 Å². The number of hydrogen-bond donors (Lipinski definition) is 1. The van der Waals surface area contributed by atoms with Gasteiger partial charge in [0.1, 0.15) is 0 Å². The summed E-state index contributed by atoms with van der Waals surface area (Å²) in [6, 6.07) is 0.472. The van der Waals surface area contributed by atoms with Crippen LogP contribution >= 0.6 is 0 Å². The molecule has 0 aliphatic heterocycles. The molecule has 0 heterocycles. The first-order valence-electron chi connectivity index (χ1n) is 6.70. The monoisotopic (exact) mass is 229 g/mol. The summed E-state index contributed by atoms with van der Waals surface area (Å²) in [4.78, 5) is 0. The highest BCUT2D eigenvalue weighted by Gasteiger charge is 2.13. The maximum Gasteiger partial charge on any atom is 0.0615 e. The second-order valence-electron chi connectivity index (χ2n) is 4.65. The van der Waals surface area contributed by atoms with E-state index in [-0.39, 0.29) is 0 Å². The normalized spacial score (nSPS) is 19.9. The number of ether oxygens (including phenoxy) is 2. The second kappa shape index (κ2) is 8.97. The molecule has 0 aromatic rings. The number of hydrogen-bond acceptors (Lipinski definition) is 3. The predicted octanol–water partition coefficient (Wildman–Crippen LogP) is 2.35. The van der Waals surface area contributed by atoms with Gasteiger partial charge in [0.25, 0.3) is 0 Å². The highest BCUT2D eigenvalue weighted by atomic mass is 16.5. The van der Waals surface area contributed by atoms with Crippen LogP contribution in [0.25, 0.3) is 0 Å². The van der Waals surface area contributed by atoms with E-state index >= 15 is 0 Å². The van der Waals surface area contributed by atoms with Crippen LogP contribution in [-0.2, 0) is 9.47 Å². The zero-order chi connectivity index (χ0) is 11.6. The molecular formula is C13H27NO2. The van der Waals surface area contributed by atoms with E-state index in [4.69, 9.17) is 9.47 Å². The minimum absolute atomic E-state index is 0.472. The van der Waals surface area contributed by atoms with Crippen molar-refractivity contribution in [2.45, 2.75) is 57.6 Å². The molecule has 3 nitrogen and oxygen atoms in total. The van der Waals surface area contributed by atoms with E-state index in [1.807, 2.05) is 0 Å². The molecule has 3 heteroatoms. The third-order valence-electron chi connectivity index (χ3n) is 3.30. The summed E-state index contributed by atoms with van der Waals surface area (Å²) in [5.74, 6) is 0. The lowest BCUT2D eigenvalue weighted by molar-refractivity contribution is 0.0280. The van der Waals surface area contributed by atoms with Gasteiger partial charge in [-0.15, -0.1) is 0 Å². The van der Waals surface area contributed by atoms with Gasteiger partial charge in [0.05, 0.1) is 19.3 Å². The van der Waals surface area contributed by atoms with Crippen molar-refractivity contribution in [1.82, 2.24) is 5.32 Å². The average molecular weight is 229 g/mol. The molecule has 0 spiro atoms. The number of rotatable bonds is 8. The van der Waals surface area contributed by atoms with Crippen LogP contribution in [-0.4, -0.2) is 39.0 Å². The summed E-state index contributed by atoms with van der Waals surface area (Å²) in [5, 5.41) is 3.46. The van der Waals surface area contributed by atoms with E-state index in [1.165, 1.54) is 32.1 Å². The molecule has 0 radical (unpaired) electrons. The minimum atomic E-state index is 0.472. The third-order valence-corrected chi connectivity index (χ3v) is 3.30. The zero-order valence-electron chi connectivity index (χ0n) is 10.8. The Morgan fingerprint density at radius 1 is 1.25 bits per heavy atom. The highest BCUT2D eigenvalue weighted by molar-refractivity contribution is 4.66. The molecule has 0 saturated heterocycles. The molecule has 1 rings (SSSR count). The van der Waals surface area contributed by atoms with Crippen LogP contribution in [0, 0.1) is 0 Å². The Morgan fingerprint density at radius 2 is 2.00 bits per heavy atom. The van der Waals surface area contributed by atoms with Crippen molar-refractivity contribution in [3.63, 3.8) is 0 Å². The Labute approximate surface area is 99.9 Å². The Kier molecular flexibility index (Phi) is 7.81. The van der Waals surface area contributed by atoms with Gasteiger partial charge < -0.3 is 14.8 Å². The number of methoxy groups -OCH3 is 1. The average Bonchev–Trinajstić information content (AvgIpc) is 2.34. The molecule has 1 unspecified atom stereocenters. The molecule has 1 atom stereocenters. The summed E-state index contributed by atoms with van der Waals surface area (Å²) in [6.07, 6.45) is 8.24. The molecule has 1 aliphatic rings. The van der Waals surface area contributed by atoms with Gasteiger partial charge in [-0.1, -0.05) is 26.2 Å². The van der Waals surface area contributed by atoms with Crippen molar-refractivity contribution in [1.29, 1.82) is 0 Å². The first kappa shape index (κ1) is 13.9. The molecule has 1 aliphatic carbocycles. The summed E-state index contributed by atoms with van der Waals surface area (Å²) >= 11 is 0. The van der Waals surface area contributed by atoms with Crippen molar-refractivity contribution in [2.24, 2.45) is 0 Å². The quantitative estimate of drug-likeness (QED) is 0.648. The Morgan fingerprint density at radius 3 is 2.62 bits per heavy atom. The molecule has 16 heavy (non-hydrogen) atoms. The van der Waals surface area contributed by atoms with E-state index in [9.17, 15) is 0 Å². The maximum atomic E-state index is 5.85. The van der Waals surface area contributed by atoms with E-state index in [0.29, 0.717) is 12.1 Å². The van der Waals surface area contributed by atoms with Gasteiger partial charge in [0, 0.05) is 19.7 Å². The first-order valence-corrected chi connectivity index (χ1v) is 6.70. The maximum absolute atomic E-state index is 5.85. The second-order valence-corrected chi connectivity index (χ2v) is 4.65. The SMILES string of the molecule is CCC(COC)NCCOC1CCCCC1. The Hall–Kier alpha value is -0.120. The van der Waals surface area contributed by atoms with Gasteiger partial charge in [-0.25, -0.2) is 0 Å². The topological polar surface area (TPSA) is 30.5 Å². The molecule has 1 fully saturated rings. The van der Waals surface area contributed by atoms with Gasteiger partial charge >= 0.3 is 0 Å². The standard InChI is InChI=1S/C13H27NO2/c1-3-12(11-15-2)14-9-10-16-13-7-5-4-6-8-13/h12-14H,3-11H2,1-2H3. The van der Waals surface area contributed by atoms with Gasteiger partial charge in [0.15, 0.2) is 0 Å². The summed E-state index contributed by atoms with van der Waals surface area (Å²) in [5.41, 5.74) is 0. The van der Waals surface area contributed by atoms with Crippen molar-refractivity contribution < 1.29 is 9.47 Å². The summed E-state index contributed by atoms with van der Waals surface area (Å²) < 4.78 is 11.0. The lowest BCUT2D eigenvalue weighted by Crippen LogP contribution is -2.35. The predicted molar refractivity (Wildman–Crippen MR) is 66.8 cm³/mol. The molecular weight excluding hydrogens is 202 g/mol. The largest absolute Gasteiger partial charge is 0.383 e. The van der Waals surface area contributed by atoms with Crippen LogP contribution in [0.1, 0.15) is 45.4 Å². The number of nitrogens with one attached hydrogen (secondary N) is 1. The summed E-state index contributed by atoms with van der Waals surface area (Å²) in [6.45, 7) is 4.75. The molecule has 0 aromatic heterocycles. The van der Waals surface area contributed by atoms with Crippen LogP contribution in [0.15, 0.2) is 0 Å². The first-order chi connectivity index (χ1) is 7.86. The van der Waals surface area contributed by atoms with Crippen LogP contribution < -0.4 is 5.32 Å². The van der Waals surface area contributed by atoms with Gasteiger partial charge in [-0.05, 0) is 19.3 Å². The van der Waals surface area contributed by atoms with Crippen LogP contribution in [0.4, 0.5) is 0 Å². The van der Waals surface area contributed by atoms with Gasteiger partial charge in [-0.2, -0.15) is 0 Å². The smallest absolute Gasteiger partial charge is 0.0615 e. The van der Waals surface area contributed by atoms with E-state index in [0.717, 1.165) is 26.2 Å². The Balaban J connectivity index is 1.97. The molecule has 96 valence electrons. The van der Waals surface area contributed by atoms with Crippen LogP contribution in [0.2, 0.25) is 0 Å². The highest BCUT2D eigenvalue weighted by Crippen LogP contribution is 2.19. The molecule has 0 amide bonds. The fraction of sp³-hybridized carbons (Fsp3) is 1.00. The fourth-order valence-corrected chi connectivity index (χ4v) is 2.24. The van der Waals surface area contributed by atoms with Crippen molar-refractivity contribution in [2.75, 3.05) is 26.9 Å². The molecule has 0 aromatic carbocycles. The fourth-order valence-electron chi connectivity index (χ4n) is 2.24. The van der Waals surface area contributed by atoms with Crippen molar-refractivity contribution >= 4 is 0 Å². The zero-order valence-corrected chi connectivity index (χ0v) is 10.8. The Bertz CT molecular complexity index is 151. The molecule has 1 saturated carbocycles. The minimum Gasteiger partial charge on any atom is -0.383 e. The van der Waals surface area contributed by atoms with Gasteiger partial charge in [-0.3, -0.25) is 0 Å². The van der Waals surface area contributed by atoms with Crippen molar-refractivity contribution in [3.8, 4) is 0 Å². The lowest BCUT2D eigenvalue weighted by Gasteiger charge is -2.23. The molecule has 0 bridgehead atoms. The lowest BCUT2D eigenvalue weighted by atomic mass is 9.98. The summed E-state index contributed by atoms with van der Waals surface area (Å²) in [7, 11) is 1.75.